The molecule has 6 rings (SSSR count). The van der Waals surface area contributed by atoms with Crippen LogP contribution >= 0.6 is 33.3 Å². The summed E-state index contributed by atoms with van der Waals surface area (Å²) in [6.45, 7) is 14.3. The van der Waals surface area contributed by atoms with E-state index >= 15 is 0 Å². The number of benzene rings is 3. The van der Waals surface area contributed by atoms with E-state index in [1.165, 1.54) is 47.0 Å². The van der Waals surface area contributed by atoms with Gasteiger partial charge < -0.3 is 194 Å². The molecule has 1 saturated heterocycles. The lowest BCUT2D eigenvalue weighted by atomic mass is 10.0. The van der Waals surface area contributed by atoms with E-state index in [0.29, 0.717) is 69.6 Å². The lowest BCUT2D eigenvalue weighted by molar-refractivity contribution is -0.140. The number of aromatic hydroxyl groups is 1. The lowest BCUT2D eigenvalue weighted by Gasteiger charge is -2.11. The van der Waals surface area contributed by atoms with Crippen LogP contribution in [0.4, 0.5) is 0 Å². The fourth-order valence-corrected chi connectivity index (χ4v) is 11.3. The Morgan fingerprint density at radius 2 is 0.872 bits per heavy atom. The summed E-state index contributed by atoms with van der Waals surface area (Å²) < 4.78 is 0. The van der Waals surface area contributed by atoms with Gasteiger partial charge in [-0.25, -0.2) is 4.98 Å². The van der Waals surface area contributed by atoms with E-state index in [4.69, 9.17) is 173 Å². The van der Waals surface area contributed by atoms with Crippen molar-refractivity contribution in [1.82, 2.24) is 25.6 Å². The molecule has 3 heterocycles. The number of aromatic amines is 2. The summed E-state index contributed by atoms with van der Waals surface area (Å²) in [5.41, 5.74) is 87.1. The molecule has 0 saturated carbocycles. The Balaban J connectivity index is -0.000000227. The number of thioether (sulfide) groups is 1. The van der Waals surface area contributed by atoms with Crippen LogP contribution in [0.1, 0.15) is 135 Å². The number of phenolic OH excluding ortho intramolecular Hbond substituents is 1. The minimum Gasteiger partial charge on any atom is -0.508 e. The predicted octanol–water partition coefficient (Wildman–Crippen LogP) is -1.78. The van der Waals surface area contributed by atoms with Gasteiger partial charge in [-0.1, -0.05) is 137 Å². The molecule has 0 amide bonds. The Hall–Kier alpha value is -12.1. The normalized spacial score (nSPS) is 14.0. The molecule has 2 aromatic heterocycles. The number of nitrogens with one attached hydrogen (secondary N) is 5. The fraction of sp³-hybridized carbons (Fsp3) is 0.541. The van der Waals surface area contributed by atoms with Crippen LogP contribution in [-0.2, 0) is 97.6 Å². The Morgan fingerprint density at radius 3 is 1.18 bits per heavy atom. The number of carbonyl (C=O) groups is 15. The molecule has 1 aliphatic heterocycles. The van der Waals surface area contributed by atoms with Crippen molar-refractivity contribution in [3.05, 3.63) is 120 Å². The molecule has 15 atom stereocenters. The van der Waals surface area contributed by atoms with E-state index in [9.17, 15) is 71.9 Å². The van der Waals surface area contributed by atoms with Crippen LogP contribution in [0.25, 0.3) is 10.9 Å². The van der Waals surface area contributed by atoms with Crippen LogP contribution < -0.4 is 102 Å². The second-order valence-corrected chi connectivity index (χ2v) is 34.2. The number of imidazole rings is 1. The summed E-state index contributed by atoms with van der Waals surface area (Å²) in [5.74, 6) is -12.6. The zero-order valence-corrected chi connectivity index (χ0v) is 82.5. The van der Waals surface area contributed by atoms with Crippen molar-refractivity contribution in [1.29, 1.82) is 5.41 Å². The summed E-state index contributed by atoms with van der Waals surface area (Å²) in [6, 6.07) is 12.9. The average Bonchev–Trinajstić information content (AvgIpc) is 1.68. The SMILES string of the molecule is CC(C)C[C@H](N)C(=O)O.CC(C)[C@H](N)C(=O)O.CC[C@H](C)[C@H](N)C(=O)O.CSCC[C@H](N)C(=O)O.C[C@H](N)C(=O)O.N=C(N)NCCC[C@H](N)C(=O)O.NCC(=O)O.NCCCC[C@H](N)C(=O)O.N[C@@H](CSSC[C@H](N)C(=O)O)C(=O)O.N[C@@H](Cc1c[nH]c2ccccc12)C(=O)O.N[C@@H](Cc1c[nH]cn1)C(=O)O.N[C@@H](Cc1ccc(O)cc1)C(=O)O.N[C@@H](Cc1ccccc1)C(=O)O.O=C(O)[C@@H]1CCCN1. The smallest absolute Gasteiger partial charge is 0.321 e. The quantitative estimate of drug-likeness (QED) is 0.00887. The maximum absolute atomic E-state index is 10.6. The highest BCUT2D eigenvalue weighted by atomic mass is 33.1. The zero-order chi connectivity index (χ0) is 111. The van der Waals surface area contributed by atoms with Crippen LogP contribution in [-0.4, -0.2) is 326 Å². The molecule has 0 radical (unpaired) electrons. The van der Waals surface area contributed by atoms with Gasteiger partial charge in [0.2, 0.25) is 0 Å². The minimum atomic E-state index is -1.07. The monoisotopic (exact) mass is 2070 g/mol. The number of para-hydroxylation sites is 1. The number of rotatable bonds is 44. The number of guanidine groups is 1. The largest absolute Gasteiger partial charge is 0.508 e. The van der Waals surface area contributed by atoms with E-state index in [1.807, 2.05) is 94.7 Å². The van der Waals surface area contributed by atoms with Gasteiger partial charge in [-0.2, -0.15) is 11.8 Å². The molecule has 1 fully saturated rings. The van der Waals surface area contributed by atoms with Gasteiger partial charge in [0.1, 0.15) is 90.3 Å². The standard InChI is InChI=1S/C11H12N2O2.C9H11NO3.C9H11NO2.C6H14N4O2.C6H9N3O2.C6H12N2O4S2.C6H14N2O2.2C6H13NO2.C5H11NO2S.C5H9NO2.C5H11NO2.C3H7NO2.C2H5NO2/c12-9(11(14)15)5-7-6-13-10-4-2-1-3-8(7)10;10-8(9(12)13)5-6-1-3-7(11)4-2-6;10-8(9(11)12)6-7-4-2-1-3-5-7;7-4(5(11)12)2-1-3-10-6(8)9;7-5(6(10)11)1-4-2-8-3-9-4;7-3(5(9)10)1-13-14-2-4(8)6(11)12;7-4-2-1-3-5(8)6(9)10;1-4(2)3-5(7)6(8)9;1-3-4(2)5(7)6(8)9;1-9-3-2-4(6)5(7)8;7-5(8)4-2-1-3-6-4;1-3(2)4(6)5(7)8;1-2(4)3(5)6;3-1-2(4)5/h1-4,6,9,13H,5,12H2,(H,14,15);1-4,8,11H,5,10H2,(H,12,13);1-5,8H,6,10H2,(H,11,12);4H,1-3,7H2,(H,11,12)(H4,8,9,10);2-3,5H,1,7H2,(H,8,9)(H,10,11);3-4H,1-2,7-8H2,(H,9,10)(H,11,12);5H,1-4,7-8H2,(H,9,10);2*4-5H,3,7H2,1-2H3,(H,8,9);4H,2-3,6H2,1H3,(H,7,8);4,6H,1-3H2,(H,7,8);3-4H,6H2,1-2H3,(H,7,8);2H,4H2,1H3,(H,5,6);1,3H2,(H,4,5)/t9-;2*8-;4-;5-;3-,4-;2*5-;4-,5-;3*4-;2-;/m0000000000000./s1. The van der Waals surface area contributed by atoms with Crippen LogP contribution in [0.5, 0.6) is 5.75 Å². The summed E-state index contributed by atoms with van der Waals surface area (Å²) in [5, 5.41) is 147. The lowest BCUT2D eigenvalue weighted by Crippen LogP contribution is -2.36. The summed E-state index contributed by atoms with van der Waals surface area (Å²) in [4.78, 5) is 162. The van der Waals surface area contributed by atoms with E-state index < -0.39 is 168 Å². The number of H-pyrrole nitrogens is 2. The number of carboxylic acid groups (broad SMARTS) is 15. The molecule has 5 aromatic rings. The molecule has 806 valence electrons. The van der Waals surface area contributed by atoms with Gasteiger partial charge in [0.15, 0.2) is 5.96 Å². The third-order valence-corrected chi connectivity index (χ3v) is 20.5. The maximum atomic E-state index is 10.6. The van der Waals surface area contributed by atoms with Gasteiger partial charge in [-0.05, 0) is 149 Å². The molecule has 0 unspecified atom stereocenters. The summed E-state index contributed by atoms with van der Waals surface area (Å²) >= 11 is 1.60. The highest BCUT2D eigenvalue weighted by Gasteiger charge is 2.23. The molecule has 56 heteroatoms. The minimum absolute atomic E-state index is 0.0208. The van der Waals surface area contributed by atoms with Gasteiger partial charge in [-0.3, -0.25) is 77.3 Å². The molecule has 53 N–H and O–H groups in total. The molecule has 0 aliphatic carbocycles. The van der Waals surface area contributed by atoms with Crippen LogP contribution in [0.2, 0.25) is 0 Å². The molecular formula is C85H152N22O31S3. The van der Waals surface area contributed by atoms with Crippen molar-refractivity contribution in [2.75, 3.05) is 49.7 Å². The maximum Gasteiger partial charge on any atom is 0.321 e. The number of phenols is 1. The van der Waals surface area contributed by atoms with E-state index in [2.05, 4.69) is 31.3 Å². The molecule has 0 bridgehead atoms. The number of aromatic nitrogens is 3. The third kappa shape index (κ3) is 89.1. The van der Waals surface area contributed by atoms with Crippen molar-refractivity contribution in [2.45, 2.75) is 223 Å². The molecule has 0 spiro atoms. The molecule has 53 nitrogen and oxygen atoms in total. The van der Waals surface area contributed by atoms with Gasteiger partial charge in [-0.15, -0.1) is 0 Å². The number of fused-ring (bicyclic) bond motifs is 1. The van der Waals surface area contributed by atoms with Crippen molar-refractivity contribution < 1.29 is 154 Å². The first-order valence-electron chi connectivity index (χ1n) is 43.0. The second kappa shape index (κ2) is 88.1. The predicted molar refractivity (Wildman–Crippen MR) is 534 cm³/mol. The topological polar surface area (TPSA) is 1090 Å². The van der Waals surface area contributed by atoms with E-state index in [0.717, 1.165) is 72.0 Å². The second-order valence-electron chi connectivity index (χ2n) is 30.7. The number of carboxylic acids is 15. The summed E-state index contributed by atoms with van der Waals surface area (Å²) in [6.07, 6.45) is 15.0. The van der Waals surface area contributed by atoms with Crippen molar-refractivity contribution in [2.24, 2.45) is 109 Å². The van der Waals surface area contributed by atoms with E-state index in [-0.39, 0.29) is 60.5 Å². The highest BCUT2D eigenvalue weighted by Crippen LogP contribution is 2.23. The Labute approximate surface area is 828 Å². The Bertz CT molecular complexity index is 4260. The van der Waals surface area contributed by atoms with Crippen LogP contribution in [0, 0.1) is 23.2 Å². The molecule has 1 aliphatic rings. The van der Waals surface area contributed by atoms with Crippen molar-refractivity contribution in [3.63, 3.8) is 0 Å². The molecule has 141 heavy (non-hydrogen) atoms. The number of hydrogen-bond donors (Lipinski definition) is 37. The number of unbranched alkanes of at least 4 members (excludes halogenated alkanes) is 1. The van der Waals surface area contributed by atoms with Gasteiger partial charge in [0.25, 0.3) is 0 Å². The van der Waals surface area contributed by atoms with Crippen molar-refractivity contribution in [3.8, 4) is 5.75 Å². The number of nitrogens with zero attached hydrogens (tertiary/aromatic N) is 1. The average molecular weight is 2070 g/mol. The zero-order valence-electron chi connectivity index (χ0n) is 80.1. The fourth-order valence-electron chi connectivity index (χ4n) is 8.61. The first-order valence-corrected chi connectivity index (χ1v) is 46.8. The molecule has 3 aromatic carbocycles. The Kier molecular flexibility index (Phi) is 90.2. The third-order valence-electron chi connectivity index (χ3n) is 17.3. The molecular weight excluding hydrogens is 1920 g/mol. The number of nitrogens with two attached hydrogens (primary N) is 16. The Morgan fingerprint density at radius 1 is 0.475 bits per heavy atom. The van der Waals surface area contributed by atoms with Gasteiger partial charge in [0, 0.05) is 54.2 Å². The van der Waals surface area contributed by atoms with E-state index in [1.54, 1.807) is 43.9 Å². The number of hydrogen-bond acceptors (Lipinski definition) is 37. The highest BCUT2D eigenvalue weighted by molar-refractivity contribution is 8.76. The first kappa shape index (κ1) is 144. The summed E-state index contributed by atoms with van der Waals surface area (Å²) in [7, 11) is 2.41. The van der Waals surface area contributed by atoms with Gasteiger partial charge in [0.05, 0.1) is 18.6 Å². The van der Waals surface area contributed by atoms with Crippen LogP contribution in [0.3, 0.4) is 0 Å². The van der Waals surface area contributed by atoms with Gasteiger partial charge >= 0.3 is 89.5 Å². The van der Waals surface area contributed by atoms with Crippen LogP contribution in [0.15, 0.2) is 97.6 Å². The van der Waals surface area contributed by atoms with Crippen molar-refractivity contribution >= 4 is 140 Å². The first-order chi connectivity index (χ1) is 65.4. The number of aliphatic carboxylic acids is 15.